The highest BCUT2D eigenvalue weighted by Gasteiger charge is 2.34. The zero-order valence-electron chi connectivity index (χ0n) is 17.9. The van der Waals surface area contributed by atoms with Crippen LogP contribution < -0.4 is 10.7 Å². The van der Waals surface area contributed by atoms with Gasteiger partial charge in [0.1, 0.15) is 5.70 Å². The Bertz CT molecular complexity index is 1300. The topological polar surface area (TPSA) is 83.4 Å². The standard InChI is InChI=1S/C24H20Cl2N4O3/c1-14-10-18(15(2)30(14)28-22(31)16-6-4-3-5-7-16)11-21-23(32)29(24(33)27-21)13-17-8-9-19(25)12-20(17)26/h3-12H,13H2,1-2H3,(H,27,33)(H,28,31)/b21-11-. The van der Waals surface area contributed by atoms with E-state index in [1.54, 1.807) is 53.2 Å². The minimum atomic E-state index is -0.538. The second-order valence-electron chi connectivity index (χ2n) is 7.58. The molecule has 1 fully saturated rings. The van der Waals surface area contributed by atoms with Gasteiger partial charge in [-0.3, -0.25) is 24.6 Å². The van der Waals surface area contributed by atoms with Crippen LogP contribution in [0.3, 0.4) is 0 Å². The number of aryl methyl sites for hydroxylation is 1. The molecule has 1 saturated heterocycles. The average Bonchev–Trinajstić information content (AvgIpc) is 3.20. The van der Waals surface area contributed by atoms with E-state index in [1.165, 1.54) is 0 Å². The molecule has 4 rings (SSSR count). The number of amides is 4. The lowest BCUT2D eigenvalue weighted by Gasteiger charge is -2.13. The first-order valence-electron chi connectivity index (χ1n) is 10.1. The van der Waals surface area contributed by atoms with Crippen LogP contribution >= 0.6 is 23.2 Å². The maximum Gasteiger partial charge on any atom is 0.329 e. The first-order chi connectivity index (χ1) is 15.7. The monoisotopic (exact) mass is 482 g/mol. The third-order valence-corrected chi connectivity index (χ3v) is 5.91. The summed E-state index contributed by atoms with van der Waals surface area (Å²) in [6.07, 6.45) is 1.59. The number of nitrogens with zero attached hydrogens (tertiary/aromatic N) is 2. The fourth-order valence-corrected chi connectivity index (χ4v) is 4.02. The van der Waals surface area contributed by atoms with Crippen LogP contribution in [0.25, 0.3) is 6.08 Å². The van der Waals surface area contributed by atoms with E-state index < -0.39 is 11.9 Å². The second-order valence-corrected chi connectivity index (χ2v) is 8.43. The summed E-state index contributed by atoms with van der Waals surface area (Å²) in [7, 11) is 0. The van der Waals surface area contributed by atoms with E-state index in [9.17, 15) is 14.4 Å². The number of carbonyl (C=O) groups is 3. The molecule has 9 heteroatoms. The van der Waals surface area contributed by atoms with Gasteiger partial charge in [0.15, 0.2) is 0 Å². The lowest BCUT2D eigenvalue weighted by Crippen LogP contribution is -2.30. The van der Waals surface area contributed by atoms with Crippen molar-refractivity contribution in [2.45, 2.75) is 20.4 Å². The van der Waals surface area contributed by atoms with Crippen molar-refractivity contribution in [3.05, 3.63) is 98.4 Å². The molecule has 0 radical (unpaired) electrons. The fraction of sp³-hybridized carbons (Fsp3) is 0.125. The molecular weight excluding hydrogens is 463 g/mol. The van der Waals surface area contributed by atoms with E-state index in [-0.39, 0.29) is 18.1 Å². The number of benzene rings is 2. The van der Waals surface area contributed by atoms with Gasteiger partial charge in [0.2, 0.25) is 0 Å². The summed E-state index contributed by atoms with van der Waals surface area (Å²) in [6.45, 7) is 3.67. The van der Waals surface area contributed by atoms with Gasteiger partial charge < -0.3 is 5.32 Å². The van der Waals surface area contributed by atoms with Crippen LogP contribution in [0.15, 0.2) is 60.3 Å². The van der Waals surface area contributed by atoms with Gasteiger partial charge in [0.05, 0.1) is 6.54 Å². The Morgan fingerprint density at radius 3 is 2.48 bits per heavy atom. The largest absolute Gasteiger partial charge is 0.329 e. The molecule has 0 bridgehead atoms. The third kappa shape index (κ3) is 4.65. The Balaban J connectivity index is 1.55. The van der Waals surface area contributed by atoms with Gasteiger partial charge in [-0.25, -0.2) is 4.79 Å². The molecule has 0 atom stereocenters. The summed E-state index contributed by atoms with van der Waals surface area (Å²) in [6, 6.07) is 15.0. The minimum Gasteiger partial charge on any atom is -0.303 e. The zero-order chi connectivity index (χ0) is 23.7. The van der Waals surface area contributed by atoms with Crippen molar-refractivity contribution in [2.24, 2.45) is 0 Å². The fourth-order valence-electron chi connectivity index (χ4n) is 3.55. The van der Waals surface area contributed by atoms with Crippen LogP contribution in [0, 0.1) is 13.8 Å². The highest BCUT2D eigenvalue weighted by atomic mass is 35.5. The summed E-state index contributed by atoms with van der Waals surface area (Å²) in [5.74, 6) is -0.725. The molecule has 0 saturated carbocycles. The van der Waals surface area contributed by atoms with E-state index in [0.29, 0.717) is 32.4 Å². The van der Waals surface area contributed by atoms with Gasteiger partial charge in [0.25, 0.3) is 11.8 Å². The number of imide groups is 1. The number of aromatic nitrogens is 1. The lowest BCUT2D eigenvalue weighted by molar-refractivity contribution is -0.123. The molecule has 7 nitrogen and oxygen atoms in total. The Morgan fingerprint density at radius 2 is 1.79 bits per heavy atom. The molecule has 0 spiro atoms. The molecule has 168 valence electrons. The molecule has 0 aliphatic carbocycles. The quantitative estimate of drug-likeness (QED) is 0.401. The summed E-state index contributed by atoms with van der Waals surface area (Å²) < 4.78 is 1.65. The van der Waals surface area contributed by atoms with E-state index >= 15 is 0 Å². The molecule has 3 aromatic rings. The van der Waals surface area contributed by atoms with Gasteiger partial charge in [-0.2, -0.15) is 0 Å². The van der Waals surface area contributed by atoms with Gasteiger partial charge in [-0.1, -0.05) is 47.5 Å². The van der Waals surface area contributed by atoms with E-state index in [1.807, 2.05) is 26.0 Å². The highest BCUT2D eigenvalue weighted by molar-refractivity contribution is 6.35. The Labute approximate surface area is 200 Å². The lowest BCUT2D eigenvalue weighted by atomic mass is 10.2. The first-order valence-corrected chi connectivity index (χ1v) is 10.8. The maximum atomic E-state index is 12.9. The maximum absolute atomic E-state index is 12.9. The summed E-state index contributed by atoms with van der Waals surface area (Å²) in [4.78, 5) is 39.0. The number of carbonyl (C=O) groups excluding carboxylic acids is 3. The Hall–Kier alpha value is -3.55. The van der Waals surface area contributed by atoms with Crippen molar-refractivity contribution in [3.63, 3.8) is 0 Å². The van der Waals surface area contributed by atoms with Crippen LogP contribution in [0.2, 0.25) is 10.0 Å². The normalized spacial score (nSPS) is 14.7. The highest BCUT2D eigenvalue weighted by Crippen LogP contribution is 2.25. The number of nitrogens with one attached hydrogen (secondary N) is 2. The summed E-state index contributed by atoms with van der Waals surface area (Å²) in [5, 5.41) is 3.45. The molecule has 2 aromatic carbocycles. The van der Waals surface area contributed by atoms with Crippen molar-refractivity contribution in [3.8, 4) is 0 Å². The van der Waals surface area contributed by atoms with Gasteiger partial charge in [-0.05, 0) is 61.4 Å². The Kier molecular flexibility index (Phi) is 6.26. The predicted octanol–water partition coefficient (Wildman–Crippen LogP) is 4.89. The van der Waals surface area contributed by atoms with Gasteiger partial charge in [-0.15, -0.1) is 0 Å². The molecule has 1 aliphatic heterocycles. The van der Waals surface area contributed by atoms with Crippen LogP contribution in [-0.2, 0) is 11.3 Å². The summed E-state index contributed by atoms with van der Waals surface area (Å²) >= 11 is 12.1. The number of urea groups is 1. The van der Waals surface area contributed by atoms with Crippen LogP contribution in [0.1, 0.15) is 32.9 Å². The van der Waals surface area contributed by atoms with E-state index in [4.69, 9.17) is 23.2 Å². The van der Waals surface area contributed by atoms with Crippen molar-refractivity contribution < 1.29 is 14.4 Å². The smallest absolute Gasteiger partial charge is 0.303 e. The van der Waals surface area contributed by atoms with Crippen molar-refractivity contribution in [1.82, 2.24) is 14.9 Å². The molecular formula is C24H20Cl2N4O3. The van der Waals surface area contributed by atoms with Crippen molar-refractivity contribution >= 4 is 47.1 Å². The van der Waals surface area contributed by atoms with Gasteiger partial charge in [0, 0.05) is 27.0 Å². The molecule has 1 aliphatic rings. The van der Waals surface area contributed by atoms with Gasteiger partial charge >= 0.3 is 6.03 Å². The molecule has 1 aromatic heterocycles. The van der Waals surface area contributed by atoms with Crippen LogP contribution in [-0.4, -0.2) is 27.4 Å². The number of hydrogen-bond acceptors (Lipinski definition) is 3. The number of rotatable bonds is 5. The zero-order valence-corrected chi connectivity index (χ0v) is 19.4. The molecule has 2 heterocycles. The predicted molar refractivity (Wildman–Crippen MR) is 128 cm³/mol. The average molecular weight is 483 g/mol. The molecule has 33 heavy (non-hydrogen) atoms. The number of halogens is 2. The first kappa shape index (κ1) is 22.6. The van der Waals surface area contributed by atoms with E-state index in [2.05, 4.69) is 10.7 Å². The minimum absolute atomic E-state index is 0.0180. The molecule has 0 unspecified atom stereocenters. The summed E-state index contributed by atoms with van der Waals surface area (Å²) in [5.41, 5.74) is 6.30. The van der Waals surface area contributed by atoms with Crippen LogP contribution in [0.4, 0.5) is 4.79 Å². The number of hydrogen-bond donors (Lipinski definition) is 2. The van der Waals surface area contributed by atoms with Crippen molar-refractivity contribution in [2.75, 3.05) is 5.43 Å². The second kappa shape index (κ2) is 9.13. The SMILES string of the molecule is Cc1cc(/C=C2\NC(=O)N(Cc3ccc(Cl)cc3Cl)C2=O)c(C)n1NC(=O)c1ccccc1. The molecule has 2 N–H and O–H groups in total. The third-order valence-electron chi connectivity index (χ3n) is 5.33. The van der Waals surface area contributed by atoms with Crippen molar-refractivity contribution in [1.29, 1.82) is 0 Å². The Morgan fingerprint density at radius 1 is 1.06 bits per heavy atom. The van der Waals surface area contributed by atoms with Crippen LogP contribution in [0.5, 0.6) is 0 Å². The molecule has 4 amide bonds. The van der Waals surface area contributed by atoms with E-state index in [0.717, 1.165) is 10.6 Å².